The normalized spacial score (nSPS) is 30.5. The molecule has 34 heteroatoms. The number of aliphatic hydroxyl groups excluding tert-OH is 3. The molecular formula is C105H136F3N9O22. The molecule has 12 fully saturated rings. The van der Waals surface area contributed by atoms with Gasteiger partial charge in [0, 0.05) is 154 Å². The molecule has 3 saturated heterocycles. The van der Waals surface area contributed by atoms with Gasteiger partial charge in [-0.3, -0.25) is 33.6 Å². The Hall–Kier alpha value is -9.91. The number of hydrogen-bond donors (Lipinski definition) is 9. The van der Waals surface area contributed by atoms with Crippen LogP contribution in [0.25, 0.3) is 32.7 Å². The minimum Gasteiger partial charge on any atom is -0.492 e. The maximum atomic E-state index is 17.0. The lowest BCUT2D eigenvalue weighted by molar-refractivity contribution is -0.237. The number of hydrogen-bond acceptors (Lipinski definition) is 27. The number of aromatic nitrogens is 3. The molecule has 139 heavy (non-hydrogen) atoms. The molecule has 9 saturated carbocycles. The van der Waals surface area contributed by atoms with Crippen molar-refractivity contribution in [1.29, 1.82) is 0 Å². The number of esters is 2. The average Bonchev–Trinajstić information content (AvgIpc) is 1.58. The molecule has 9 N–H and O–H groups in total. The van der Waals surface area contributed by atoms with Crippen molar-refractivity contribution in [2.75, 3.05) is 121 Å². The summed E-state index contributed by atoms with van der Waals surface area (Å²) >= 11 is 0. The van der Waals surface area contributed by atoms with Crippen molar-refractivity contribution < 1.29 is 106 Å². The number of benzene rings is 3. The number of rotatable bonds is 20. The fourth-order valence-electron chi connectivity index (χ4n) is 28.1. The van der Waals surface area contributed by atoms with Gasteiger partial charge in [0.15, 0.2) is 57.8 Å². The zero-order chi connectivity index (χ0) is 98.9. The van der Waals surface area contributed by atoms with E-state index in [0.717, 1.165) is 57.2 Å². The highest BCUT2D eigenvalue weighted by molar-refractivity contribution is 6.04. The number of carboxylic acid groups (broad SMARTS) is 1. The van der Waals surface area contributed by atoms with E-state index in [-0.39, 0.29) is 170 Å². The third kappa shape index (κ3) is 16.1. The number of nitrogens with one attached hydrogen (secondary N) is 3. The largest absolute Gasteiger partial charge is 0.492 e. The molecule has 0 bridgehead atoms. The summed E-state index contributed by atoms with van der Waals surface area (Å²) in [6, 6.07) is -0.341. The number of piperazine rings is 3. The molecule has 3 aromatic heterocycles. The van der Waals surface area contributed by atoms with Crippen molar-refractivity contribution in [1.82, 2.24) is 29.7 Å². The van der Waals surface area contributed by atoms with Crippen LogP contribution in [0.2, 0.25) is 0 Å². The Bertz CT molecular complexity index is 6340. The quantitative estimate of drug-likeness (QED) is 0.0253. The molecule has 14 aliphatic rings. The number of methoxy groups -OCH3 is 3. The van der Waals surface area contributed by atoms with Crippen molar-refractivity contribution in [2.45, 2.75) is 266 Å². The lowest BCUT2D eigenvalue weighted by Gasteiger charge is -2.60. The second-order valence-electron chi connectivity index (χ2n) is 42.8. The highest BCUT2D eigenvalue weighted by atomic mass is 19.1. The van der Waals surface area contributed by atoms with E-state index in [1.807, 2.05) is 33.1 Å². The first-order chi connectivity index (χ1) is 65.6. The van der Waals surface area contributed by atoms with Gasteiger partial charge in [0.05, 0.1) is 66.2 Å². The number of aromatic carboxylic acids is 1. The Morgan fingerprint density at radius 2 is 0.842 bits per heavy atom. The molecular weight excluding hydrogens is 1800 g/mol. The number of aliphatic hydroxyl groups is 5. The lowest BCUT2D eigenvalue weighted by Crippen LogP contribution is -2.62. The van der Waals surface area contributed by atoms with E-state index in [1.165, 1.54) is 40.7 Å². The van der Waals surface area contributed by atoms with E-state index in [1.54, 1.807) is 55.9 Å². The van der Waals surface area contributed by atoms with Crippen LogP contribution in [-0.2, 0) is 33.4 Å². The van der Waals surface area contributed by atoms with Crippen LogP contribution in [0.3, 0.4) is 0 Å². The molecule has 0 spiro atoms. The molecule has 754 valence electrons. The highest BCUT2D eigenvalue weighted by Gasteiger charge is 2.71. The van der Waals surface area contributed by atoms with E-state index in [4.69, 9.17) is 28.4 Å². The van der Waals surface area contributed by atoms with E-state index >= 15 is 32.3 Å². The number of allylic oxidation sites excluding steroid dienone is 2. The number of halogens is 3. The first-order valence-electron chi connectivity index (χ1n) is 49.5. The van der Waals surface area contributed by atoms with Gasteiger partial charge in [-0.1, -0.05) is 46.3 Å². The Kier molecular flexibility index (Phi) is 27.1. The number of aryl methyl sites for hydroxylation is 3. The van der Waals surface area contributed by atoms with Gasteiger partial charge >= 0.3 is 24.4 Å². The highest BCUT2D eigenvalue weighted by Crippen LogP contribution is 2.70. The zero-order valence-corrected chi connectivity index (χ0v) is 81.5. The zero-order valence-electron chi connectivity index (χ0n) is 81.5. The Labute approximate surface area is 805 Å². The number of carbonyl (C=O) groups is 7. The van der Waals surface area contributed by atoms with Crippen molar-refractivity contribution >= 4 is 90.8 Å². The summed E-state index contributed by atoms with van der Waals surface area (Å²) in [6.07, 6.45) is 13.8. The number of carbonyl (C=O) groups excluding carboxylic acids is 6. The summed E-state index contributed by atoms with van der Waals surface area (Å²) in [4.78, 5) is 143. The Morgan fingerprint density at radius 3 is 1.19 bits per heavy atom. The number of Topliss-reactive ketones (excluding diaryl/α,β-unsaturated/α-hetero) is 2. The van der Waals surface area contributed by atoms with Crippen LogP contribution >= 0.6 is 0 Å². The number of carboxylic acids is 1. The van der Waals surface area contributed by atoms with Crippen LogP contribution in [0.4, 0.5) is 30.2 Å². The molecule has 3 aliphatic heterocycles. The fourth-order valence-corrected chi connectivity index (χ4v) is 28.1. The summed E-state index contributed by atoms with van der Waals surface area (Å²) in [5.41, 5.74) is -5.08. The molecule has 0 amide bonds. The smallest absolute Gasteiger partial charge is 0.365 e. The van der Waals surface area contributed by atoms with Crippen molar-refractivity contribution in [3.63, 3.8) is 0 Å². The van der Waals surface area contributed by atoms with Crippen LogP contribution in [0, 0.1) is 116 Å². The van der Waals surface area contributed by atoms with Gasteiger partial charge in [-0.25, -0.2) is 27.6 Å². The third-order valence-corrected chi connectivity index (χ3v) is 35.4. The maximum absolute atomic E-state index is 17.0. The van der Waals surface area contributed by atoms with E-state index in [2.05, 4.69) is 29.8 Å². The molecule has 16 atom stereocenters. The van der Waals surface area contributed by atoms with E-state index in [0.29, 0.717) is 170 Å². The average molecular weight is 1930 g/mol. The predicted molar refractivity (Wildman–Crippen MR) is 515 cm³/mol. The molecule has 6 aromatic rings. The number of ether oxygens (including phenoxy) is 6. The van der Waals surface area contributed by atoms with E-state index < -0.39 is 134 Å². The number of ketones is 4. The van der Waals surface area contributed by atoms with Crippen LogP contribution in [0.15, 0.2) is 37.7 Å². The summed E-state index contributed by atoms with van der Waals surface area (Å²) in [5, 5.41) is 76.0. The number of anilines is 3. The third-order valence-electron chi connectivity index (χ3n) is 35.4. The molecule has 3 aromatic carbocycles. The maximum Gasteiger partial charge on any atom is 0.365 e. The SMILES string of the molecule is C.COc1c(N2CCNCC2)c(F)c(C)c2c(=O)c(C(=O)O)c(C)n(C3CC3)c12.COc1c(N2CCNCC2)c(F)c(C)c2c(=O)c(C(=O)OC(OCC(=O)[C@@]3(O)CC[C@H]4[C@@H]5CCC6=CC(=O)CC[C@]6(C)[C@H]5[C@@H](O)C[C@@]43C)OC(=O)c3c(C)n(C4CC4)c4c(OC)c(N5CCNC(C)C5)c(F)c(C)c4c3=O)c(C)n(C3CC3)c12.C[C@]12CCC(=O)C=C1CC[C@@H]1[C@@H]2[C@@H](O)C[C@@]2(C)[C@H]1CC[C@]2(O)C(=O)CO. The van der Waals surface area contributed by atoms with Crippen LogP contribution in [0.5, 0.6) is 17.2 Å². The van der Waals surface area contributed by atoms with Gasteiger partial charge in [0.25, 0.3) is 0 Å². The molecule has 2 unspecified atom stereocenters. The minimum atomic E-state index is -2.46. The van der Waals surface area contributed by atoms with Gasteiger partial charge in [-0.2, -0.15) is 0 Å². The van der Waals surface area contributed by atoms with Crippen molar-refractivity contribution in [3.05, 3.63) is 122 Å². The molecule has 11 aliphatic carbocycles. The van der Waals surface area contributed by atoms with Gasteiger partial charge in [0.1, 0.15) is 58.2 Å². The van der Waals surface area contributed by atoms with Crippen molar-refractivity contribution in [3.8, 4) is 17.2 Å². The molecule has 20 rings (SSSR count). The summed E-state index contributed by atoms with van der Waals surface area (Å²) < 4.78 is 90.5. The Balaban J connectivity index is 0.000000195. The van der Waals surface area contributed by atoms with Gasteiger partial charge in [-0.05, 0) is 223 Å². The minimum absolute atomic E-state index is 0. The number of fused-ring (bicyclic) bond motifs is 13. The topological polar surface area (TPSA) is 408 Å². The molecule has 31 nitrogen and oxygen atoms in total. The number of pyridine rings is 3. The summed E-state index contributed by atoms with van der Waals surface area (Å²) in [7, 11) is 4.28. The Morgan fingerprint density at radius 1 is 0.489 bits per heavy atom. The summed E-state index contributed by atoms with van der Waals surface area (Å²) in [5.74, 6) is -6.49. The fraction of sp³-hybridized carbons (Fsp3) is 0.638. The number of nitrogens with zero attached hydrogens (tertiary/aromatic N) is 6. The van der Waals surface area contributed by atoms with Crippen LogP contribution < -0.4 is 61.1 Å². The monoisotopic (exact) mass is 1930 g/mol. The van der Waals surface area contributed by atoms with Gasteiger partial charge < -0.3 is 103 Å². The molecule has 0 radical (unpaired) electrons. The predicted octanol–water partition coefficient (Wildman–Crippen LogP) is 11.5. The molecule has 6 heterocycles. The van der Waals surface area contributed by atoms with Crippen LogP contribution in [0.1, 0.15) is 253 Å². The van der Waals surface area contributed by atoms with Gasteiger partial charge in [0.2, 0.25) is 16.3 Å². The van der Waals surface area contributed by atoms with E-state index in [9.17, 15) is 59.4 Å². The second-order valence-corrected chi connectivity index (χ2v) is 42.8. The second kappa shape index (κ2) is 37.4. The summed E-state index contributed by atoms with van der Waals surface area (Å²) in [6.45, 7) is 21.4. The van der Waals surface area contributed by atoms with Gasteiger partial charge in [-0.15, -0.1) is 0 Å². The van der Waals surface area contributed by atoms with Crippen LogP contribution in [-0.4, -0.2) is 228 Å². The lowest BCUT2D eigenvalue weighted by atomic mass is 9.45. The van der Waals surface area contributed by atoms with Crippen molar-refractivity contribution in [2.24, 2.45) is 57.2 Å². The first-order valence-corrected chi connectivity index (χ1v) is 49.5. The standard InChI is InChI=1S/C63H78F2N6O13.C21H30O5.C20H24FN3O4.CH4/c1-30-28-69(25-22-67-30)53-49(65)32(3)44-51(57(53)81-9)71(37-13-14-37)34(5)46(55(44)76)59(78)84-60(82-29-42(74)63(79)19-17-40-39-15-10-35-26-38(72)16-18-61(35,6)47(39)41(73)27-62(40,63)7)83-58(77)45-33(4)70(36-11-12-36)50-43(54(45)75)31(2)48(64)52(56(50)80-8)68-23-20-66-21-24-68;1-19-7-5-13(23)9-12(19)3-4-14-15-6-8-21(26,17(25)11-22)20(15,2)10-16(24)18(14)19;1-10-13-16(19(28-3)17(15(10)21)23-8-6-22-7-9-23)24(12-4-5-12)11(2)14(18(13)25)20(26)27;/h26,30,36-37,39-41,47,60,66-67,73,79H,10-25,27-29H2,1-9H3;9,14-16,18,22,24,26H,3-8,10-11H2,1-2H3;12,22H,4-9H2,1-3H3,(H,26,27);1H4/t30?,39-,40-,41-,47+,60?,61-,62-,63-;14-,15-,16-,18+,19-,20-,21-;;/m00../s1. The first kappa shape index (κ1) is 101.